The third-order valence-corrected chi connectivity index (χ3v) is 6.42. The van der Waals surface area contributed by atoms with Crippen molar-refractivity contribution < 1.29 is 14.3 Å². The van der Waals surface area contributed by atoms with Crippen LogP contribution in [-0.4, -0.2) is 103 Å². The van der Waals surface area contributed by atoms with Crippen molar-refractivity contribution in [3.05, 3.63) is 0 Å². The highest BCUT2D eigenvalue weighted by molar-refractivity contribution is 5.94. The van der Waals surface area contributed by atoms with Gasteiger partial charge >= 0.3 is 6.03 Å². The van der Waals surface area contributed by atoms with Crippen molar-refractivity contribution in [1.29, 1.82) is 0 Å². The molecule has 0 spiro atoms. The SMILES string of the molecule is COC1(C(C)C)CCN(C(=O)N2CCN(C(=O)C#CC(C)(C)N(C)C)CC2)C1. The van der Waals surface area contributed by atoms with Gasteiger partial charge in [0.05, 0.1) is 17.7 Å². The Balaban J connectivity index is 1.90. The second-order valence-electron chi connectivity index (χ2n) is 8.86. The first-order chi connectivity index (χ1) is 13.0. The van der Waals surface area contributed by atoms with E-state index >= 15 is 0 Å². The topological polar surface area (TPSA) is 56.3 Å². The van der Waals surface area contributed by atoms with Gasteiger partial charge in [0, 0.05) is 39.8 Å². The van der Waals surface area contributed by atoms with Crippen LogP contribution >= 0.6 is 0 Å². The number of likely N-dealkylation sites (tertiary alicyclic amines) is 1. The van der Waals surface area contributed by atoms with Crippen LogP contribution in [0.1, 0.15) is 34.1 Å². The lowest BCUT2D eigenvalue weighted by Gasteiger charge is -2.37. The molecule has 0 bridgehead atoms. The summed E-state index contributed by atoms with van der Waals surface area (Å²) in [5.41, 5.74) is -0.601. The Morgan fingerprint density at radius 1 is 1.04 bits per heavy atom. The summed E-state index contributed by atoms with van der Waals surface area (Å²) in [6, 6.07) is 0.0477. The Kier molecular flexibility index (Phi) is 7.00. The Morgan fingerprint density at radius 2 is 1.61 bits per heavy atom. The first-order valence-corrected chi connectivity index (χ1v) is 10.1. The number of methoxy groups -OCH3 is 1. The number of amides is 3. The largest absolute Gasteiger partial charge is 0.376 e. The minimum atomic E-state index is -0.354. The maximum Gasteiger partial charge on any atom is 0.320 e. The summed E-state index contributed by atoms with van der Waals surface area (Å²) in [5.74, 6) is 6.00. The number of carbonyl (C=O) groups is 2. The van der Waals surface area contributed by atoms with Gasteiger partial charge in [0.25, 0.3) is 5.91 Å². The summed E-state index contributed by atoms with van der Waals surface area (Å²) in [5, 5.41) is 0. The van der Waals surface area contributed by atoms with Crippen LogP contribution in [0.5, 0.6) is 0 Å². The second-order valence-corrected chi connectivity index (χ2v) is 8.86. The van der Waals surface area contributed by atoms with Gasteiger partial charge in [-0.25, -0.2) is 4.79 Å². The van der Waals surface area contributed by atoms with Gasteiger partial charge in [-0.15, -0.1) is 0 Å². The zero-order chi connectivity index (χ0) is 21.1. The van der Waals surface area contributed by atoms with Crippen molar-refractivity contribution in [3.63, 3.8) is 0 Å². The van der Waals surface area contributed by atoms with Gasteiger partial charge < -0.3 is 19.4 Å². The average Bonchev–Trinajstić information content (AvgIpc) is 3.11. The van der Waals surface area contributed by atoms with E-state index in [1.807, 2.05) is 42.6 Å². The summed E-state index contributed by atoms with van der Waals surface area (Å²) in [4.78, 5) is 32.7. The van der Waals surface area contributed by atoms with E-state index in [9.17, 15) is 9.59 Å². The Labute approximate surface area is 170 Å². The lowest BCUT2D eigenvalue weighted by atomic mass is 9.89. The quantitative estimate of drug-likeness (QED) is 0.680. The van der Waals surface area contributed by atoms with Crippen LogP contribution in [-0.2, 0) is 9.53 Å². The number of rotatable bonds is 3. The number of nitrogens with zero attached hydrogens (tertiary/aromatic N) is 4. The fraction of sp³-hybridized carbons (Fsp3) is 0.810. The first kappa shape index (κ1) is 22.5. The third kappa shape index (κ3) is 4.79. The third-order valence-electron chi connectivity index (χ3n) is 6.42. The van der Waals surface area contributed by atoms with Crippen LogP contribution < -0.4 is 0 Å². The van der Waals surface area contributed by atoms with Gasteiger partial charge in [0.2, 0.25) is 0 Å². The van der Waals surface area contributed by atoms with E-state index in [1.165, 1.54) is 0 Å². The molecule has 1 unspecified atom stereocenters. The van der Waals surface area contributed by atoms with Gasteiger partial charge in [-0.05, 0) is 46.2 Å². The molecule has 0 aromatic carbocycles. The number of piperazine rings is 1. The highest BCUT2D eigenvalue weighted by atomic mass is 16.5. The predicted molar refractivity (Wildman–Crippen MR) is 110 cm³/mol. The number of hydrogen-bond donors (Lipinski definition) is 0. The van der Waals surface area contributed by atoms with E-state index in [0.29, 0.717) is 38.6 Å². The summed E-state index contributed by atoms with van der Waals surface area (Å²) in [6.45, 7) is 11.7. The van der Waals surface area contributed by atoms with Gasteiger partial charge in [0.15, 0.2) is 0 Å². The number of carbonyl (C=O) groups excluding carboxylic acids is 2. The normalized spacial score (nSPS) is 23.2. The van der Waals surface area contributed by atoms with Gasteiger partial charge in [0.1, 0.15) is 0 Å². The van der Waals surface area contributed by atoms with E-state index in [0.717, 1.165) is 13.0 Å². The van der Waals surface area contributed by atoms with Crippen LogP contribution in [0.15, 0.2) is 0 Å². The van der Waals surface area contributed by atoms with Gasteiger partial charge in [-0.1, -0.05) is 19.8 Å². The molecule has 0 aliphatic carbocycles. The molecule has 2 aliphatic heterocycles. The lowest BCUT2D eigenvalue weighted by Crippen LogP contribution is -2.54. The molecule has 1 atom stereocenters. The zero-order valence-electron chi connectivity index (χ0n) is 18.5. The van der Waals surface area contributed by atoms with Crippen molar-refractivity contribution in [2.45, 2.75) is 45.3 Å². The van der Waals surface area contributed by atoms with Crippen LogP contribution in [0, 0.1) is 17.8 Å². The maximum atomic E-state index is 12.9. The Bertz CT molecular complexity index is 642. The predicted octanol–water partition coefficient (Wildman–Crippen LogP) is 1.34. The van der Waals surface area contributed by atoms with E-state index in [1.54, 1.807) is 12.0 Å². The van der Waals surface area contributed by atoms with Crippen molar-refractivity contribution in [2.24, 2.45) is 5.92 Å². The molecule has 2 saturated heterocycles. The van der Waals surface area contributed by atoms with E-state index in [-0.39, 0.29) is 23.1 Å². The fourth-order valence-corrected chi connectivity index (χ4v) is 3.54. The zero-order valence-corrected chi connectivity index (χ0v) is 18.5. The Morgan fingerprint density at radius 3 is 2.07 bits per heavy atom. The highest BCUT2D eigenvalue weighted by Gasteiger charge is 2.43. The summed E-state index contributed by atoms with van der Waals surface area (Å²) >= 11 is 0. The lowest BCUT2D eigenvalue weighted by molar-refractivity contribution is -0.126. The molecule has 28 heavy (non-hydrogen) atoms. The maximum absolute atomic E-state index is 12.9. The molecule has 7 nitrogen and oxygen atoms in total. The average molecular weight is 393 g/mol. The summed E-state index contributed by atoms with van der Waals surface area (Å²) in [6.07, 6.45) is 0.864. The van der Waals surface area contributed by atoms with Crippen LogP contribution in [0.4, 0.5) is 4.79 Å². The molecule has 2 heterocycles. The molecule has 2 aliphatic rings. The van der Waals surface area contributed by atoms with Gasteiger partial charge in [-0.3, -0.25) is 9.69 Å². The van der Waals surface area contributed by atoms with Crippen molar-refractivity contribution in [2.75, 3.05) is 60.5 Å². The smallest absolute Gasteiger partial charge is 0.320 e. The molecular formula is C21H36N4O3. The molecule has 0 aromatic heterocycles. The molecule has 0 aromatic rings. The Hall–Kier alpha value is -1.78. The molecular weight excluding hydrogens is 356 g/mol. The molecule has 0 N–H and O–H groups in total. The number of hydrogen-bond acceptors (Lipinski definition) is 4. The van der Waals surface area contributed by atoms with E-state index < -0.39 is 0 Å². The summed E-state index contributed by atoms with van der Waals surface area (Å²) < 4.78 is 5.76. The fourth-order valence-electron chi connectivity index (χ4n) is 3.54. The number of ether oxygens (including phenoxy) is 1. The van der Waals surface area contributed by atoms with E-state index in [4.69, 9.17) is 4.74 Å². The van der Waals surface area contributed by atoms with Crippen LogP contribution in [0.25, 0.3) is 0 Å². The minimum Gasteiger partial charge on any atom is -0.376 e. The summed E-state index contributed by atoms with van der Waals surface area (Å²) in [7, 11) is 5.62. The highest BCUT2D eigenvalue weighted by Crippen LogP contribution is 2.32. The molecule has 0 saturated carbocycles. The van der Waals surface area contributed by atoms with Gasteiger partial charge in [-0.2, -0.15) is 0 Å². The molecule has 2 fully saturated rings. The van der Waals surface area contributed by atoms with Crippen LogP contribution in [0.3, 0.4) is 0 Å². The van der Waals surface area contributed by atoms with Crippen molar-refractivity contribution >= 4 is 11.9 Å². The number of urea groups is 1. The minimum absolute atomic E-state index is 0.0477. The molecule has 7 heteroatoms. The molecule has 158 valence electrons. The van der Waals surface area contributed by atoms with E-state index in [2.05, 4.69) is 25.7 Å². The molecule has 3 amide bonds. The monoisotopic (exact) mass is 392 g/mol. The van der Waals surface area contributed by atoms with Crippen molar-refractivity contribution in [1.82, 2.24) is 19.6 Å². The molecule has 0 radical (unpaired) electrons. The standard InChI is InChI=1S/C21H36N4O3/c1-17(2)21(28-7)10-11-25(16-21)19(27)24-14-12-23(13-15-24)18(26)8-9-20(3,4)22(5)6/h17H,10-16H2,1-7H3. The first-order valence-electron chi connectivity index (χ1n) is 10.1. The van der Waals surface area contributed by atoms with Crippen LogP contribution in [0.2, 0.25) is 0 Å². The molecule has 2 rings (SSSR count). The second kappa shape index (κ2) is 8.71. The van der Waals surface area contributed by atoms with Crippen molar-refractivity contribution in [3.8, 4) is 11.8 Å².